The molecule has 0 radical (unpaired) electrons. The first-order valence-electron chi connectivity index (χ1n) is 6.19. The van der Waals surface area contributed by atoms with Crippen molar-refractivity contribution in [1.29, 1.82) is 5.26 Å². The van der Waals surface area contributed by atoms with E-state index in [1.54, 1.807) is 12.1 Å². The molecule has 0 aliphatic heterocycles. The molecule has 0 aliphatic rings. The zero-order chi connectivity index (χ0) is 14.5. The molecule has 1 aromatic carbocycles. The average molecular weight is 260 g/mol. The number of carbonyl (C=O) groups excluding carboxylic acids is 1. The Morgan fingerprint density at radius 3 is 2.37 bits per heavy atom. The van der Waals surface area contributed by atoms with Gasteiger partial charge in [0.15, 0.2) is 0 Å². The summed E-state index contributed by atoms with van der Waals surface area (Å²) in [5.74, 6) is -0.233. The molecule has 0 amide bonds. The highest BCUT2D eigenvalue weighted by atomic mass is 16.6. The van der Waals surface area contributed by atoms with Crippen molar-refractivity contribution in [2.75, 3.05) is 13.6 Å². The van der Waals surface area contributed by atoms with Crippen LogP contribution in [0.4, 0.5) is 0 Å². The fraction of sp³-hybridized carbons (Fsp3) is 0.467. The van der Waals surface area contributed by atoms with E-state index >= 15 is 0 Å². The first-order chi connectivity index (χ1) is 8.80. The molecule has 0 N–H and O–H groups in total. The van der Waals surface area contributed by atoms with Gasteiger partial charge in [-0.1, -0.05) is 12.1 Å². The predicted octanol–water partition coefficient (Wildman–Crippen LogP) is 2.33. The Kier molecular flexibility index (Phi) is 5.08. The molecule has 0 spiro atoms. The number of hydrogen-bond acceptors (Lipinski definition) is 4. The minimum atomic E-state index is -0.452. The maximum atomic E-state index is 11.7. The van der Waals surface area contributed by atoms with Crippen LogP contribution in [0.25, 0.3) is 0 Å². The Balaban J connectivity index is 2.48. The molecule has 0 saturated carbocycles. The van der Waals surface area contributed by atoms with Crippen molar-refractivity contribution in [1.82, 2.24) is 4.90 Å². The number of benzene rings is 1. The van der Waals surface area contributed by atoms with Crippen LogP contribution in [0.1, 0.15) is 31.9 Å². The van der Waals surface area contributed by atoms with Gasteiger partial charge in [-0.15, -0.1) is 0 Å². The van der Waals surface area contributed by atoms with Crippen molar-refractivity contribution in [3.63, 3.8) is 0 Å². The quantitative estimate of drug-likeness (QED) is 0.780. The van der Waals surface area contributed by atoms with E-state index in [1.807, 2.05) is 44.9 Å². The number of likely N-dealkylation sites (N-methyl/N-ethyl adjacent to an activating group) is 1. The van der Waals surface area contributed by atoms with E-state index in [0.717, 1.165) is 5.56 Å². The van der Waals surface area contributed by atoms with Crippen LogP contribution >= 0.6 is 0 Å². The fourth-order valence-corrected chi connectivity index (χ4v) is 1.65. The summed E-state index contributed by atoms with van der Waals surface area (Å²) >= 11 is 0. The Morgan fingerprint density at radius 2 is 1.89 bits per heavy atom. The SMILES string of the molecule is CN(CC(=O)OC(C)(C)C)Cc1ccc(C#N)cc1. The van der Waals surface area contributed by atoms with Crippen molar-refractivity contribution < 1.29 is 9.53 Å². The summed E-state index contributed by atoms with van der Waals surface area (Å²) in [7, 11) is 1.86. The lowest BCUT2D eigenvalue weighted by atomic mass is 10.1. The Bertz CT molecular complexity index is 466. The van der Waals surface area contributed by atoms with Crippen molar-refractivity contribution in [2.24, 2.45) is 0 Å². The van der Waals surface area contributed by atoms with E-state index in [1.165, 1.54) is 0 Å². The molecule has 1 aromatic rings. The number of nitrogens with zero attached hydrogens (tertiary/aromatic N) is 2. The van der Waals surface area contributed by atoms with Gasteiger partial charge < -0.3 is 4.74 Å². The fourth-order valence-electron chi connectivity index (χ4n) is 1.65. The summed E-state index contributed by atoms with van der Waals surface area (Å²) in [6.45, 7) is 6.45. The van der Waals surface area contributed by atoms with Crippen molar-refractivity contribution in [2.45, 2.75) is 32.9 Å². The normalized spacial score (nSPS) is 11.2. The summed E-state index contributed by atoms with van der Waals surface area (Å²) in [6.07, 6.45) is 0. The number of rotatable bonds is 4. The van der Waals surface area contributed by atoms with Gasteiger partial charge in [-0.05, 0) is 45.5 Å². The molecule has 19 heavy (non-hydrogen) atoms. The third kappa shape index (κ3) is 6.03. The van der Waals surface area contributed by atoms with Crippen LogP contribution in [0.2, 0.25) is 0 Å². The molecule has 0 saturated heterocycles. The van der Waals surface area contributed by atoms with Crippen molar-refractivity contribution in [3.05, 3.63) is 35.4 Å². The van der Waals surface area contributed by atoms with E-state index in [-0.39, 0.29) is 12.5 Å². The summed E-state index contributed by atoms with van der Waals surface area (Å²) in [5, 5.41) is 8.72. The minimum Gasteiger partial charge on any atom is -0.459 e. The van der Waals surface area contributed by atoms with E-state index in [9.17, 15) is 4.79 Å². The standard InChI is InChI=1S/C15H20N2O2/c1-15(2,3)19-14(18)11-17(4)10-13-7-5-12(9-16)6-8-13/h5-8H,10-11H2,1-4H3. The van der Waals surface area contributed by atoms with Gasteiger partial charge in [0.1, 0.15) is 5.60 Å². The number of hydrogen-bond donors (Lipinski definition) is 0. The summed E-state index contributed by atoms with van der Waals surface area (Å²) in [6, 6.07) is 9.41. The van der Waals surface area contributed by atoms with Crippen molar-refractivity contribution in [3.8, 4) is 6.07 Å². The molecule has 0 aliphatic carbocycles. The first-order valence-corrected chi connectivity index (χ1v) is 6.19. The monoisotopic (exact) mass is 260 g/mol. The topological polar surface area (TPSA) is 53.3 Å². The second-order valence-corrected chi connectivity index (χ2v) is 5.57. The smallest absolute Gasteiger partial charge is 0.320 e. The zero-order valence-electron chi connectivity index (χ0n) is 11.9. The second-order valence-electron chi connectivity index (χ2n) is 5.57. The summed E-state index contributed by atoms with van der Waals surface area (Å²) in [5.41, 5.74) is 1.25. The Morgan fingerprint density at radius 1 is 1.32 bits per heavy atom. The van der Waals surface area contributed by atoms with Gasteiger partial charge in [0.2, 0.25) is 0 Å². The van der Waals surface area contributed by atoms with Crippen LogP contribution in [0.5, 0.6) is 0 Å². The molecule has 4 heteroatoms. The number of nitriles is 1. The molecule has 4 nitrogen and oxygen atoms in total. The molecule has 0 heterocycles. The van der Waals surface area contributed by atoms with E-state index in [2.05, 4.69) is 6.07 Å². The lowest BCUT2D eigenvalue weighted by Crippen LogP contribution is -2.32. The van der Waals surface area contributed by atoms with E-state index < -0.39 is 5.60 Å². The van der Waals surface area contributed by atoms with Crippen LogP contribution in [-0.4, -0.2) is 30.1 Å². The van der Waals surface area contributed by atoms with Gasteiger partial charge in [-0.3, -0.25) is 9.69 Å². The molecule has 1 rings (SSSR count). The molecular weight excluding hydrogens is 240 g/mol. The summed E-state index contributed by atoms with van der Waals surface area (Å²) in [4.78, 5) is 13.5. The van der Waals surface area contributed by atoms with Gasteiger partial charge in [0.25, 0.3) is 0 Å². The largest absolute Gasteiger partial charge is 0.459 e. The van der Waals surface area contributed by atoms with Gasteiger partial charge in [0, 0.05) is 6.54 Å². The third-order valence-electron chi connectivity index (χ3n) is 2.35. The highest BCUT2D eigenvalue weighted by Crippen LogP contribution is 2.09. The Labute approximate surface area is 114 Å². The Hall–Kier alpha value is -1.86. The number of carbonyl (C=O) groups is 1. The van der Waals surface area contributed by atoms with E-state index in [0.29, 0.717) is 12.1 Å². The minimum absolute atomic E-state index is 0.233. The molecule has 0 atom stereocenters. The highest BCUT2D eigenvalue weighted by molar-refractivity contribution is 5.72. The van der Waals surface area contributed by atoms with Crippen LogP contribution in [0, 0.1) is 11.3 Å². The van der Waals surface area contributed by atoms with Crippen LogP contribution in [-0.2, 0) is 16.1 Å². The van der Waals surface area contributed by atoms with Crippen LogP contribution in [0.3, 0.4) is 0 Å². The van der Waals surface area contributed by atoms with Gasteiger partial charge in [-0.25, -0.2) is 0 Å². The lowest BCUT2D eigenvalue weighted by Gasteiger charge is -2.22. The highest BCUT2D eigenvalue weighted by Gasteiger charge is 2.17. The molecule has 0 unspecified atom stereocenters. The molecular formula is C15H20N2O2. The maximum Gasteiger partial charge on any atom is 0.320 e. The third-order valence-corrected chi connectivity index (χ3v) is 2.35. The number of ether oxygens (including phenoxy) is 1. The van der Waals surface area contributed by atoms with Crippen LogP contribution < -0.4 is 0 Å². The van der Waals surface area contributed by atoms with Gasteiger partial charge in [0.05, 0.1) is 18.2 Å². The average Bonchev–Trinajstić information content (AvgIpc) is 2.27. The summed E-state index contributed by atoms with van der Waals surface area (Å²) < 4.78 is 5.26. The predicted molar refractivity (Wildman–Crippen MR) is 73.3 cm³/mol. The van der Waals surface area contributed by atoms with Crippen LogP contribution in [0.15, 0.2) is 24.3 Å². The van der Waals surface area contributed by atoms with Gasteiger partial charge >= 0.3 is 5.97 Å². The van der Waals surface area contributed by atoms with E-state index in [4.69, 9.17) is 10.00 Å². The van der Waals surface area contributed by atoms with Gasteiger partial charge in [-0.2, -0.15) is 5.26 Å². The van der Waals surface area contributed by atoms with Crippen molar-refractivity contribution >= 4 is 5.97 Å². The molecule has 0 aromatic heterocycles. The lowest BCUT2D eigenvalue weighted by molar-refractivity contribution is -0.155. The second kappa shape index (κ2) is 6.35. The molecule has 102 valence electrons. The number of esters is 1. The maximum absolute atomic E-state index is 11.7. The first kappa shape index (κ1) is 15.2. The zero-order valence-corrected chi connectivity index (χ0v) is 11.9. The molecule has 0 bridgehead atoms. The molecule has 0 fully saturated rings.